The van der Waals surface area contributed by atoms with Gasteiger partial charge < -0.3 is 15.8 Å². The molecule has 1 amide bonds. The lowest BCUT2D eigenvalue weighted by atomic mass is 9.72. The maximum absolute atomic E-state index is 11.5. The quantitative estimate of drug-likeness (QED) is 0.535. The lowest BCUT2D eigenvalue weighted by Gasteiger charge is -2.45. The van der Waals surface area contributed by atoms with Gasteiger partial charge in [0.1, 0.15) is 0 Å². The number of nitrogens with two attached hydrogens (primary N) is 1. The lowest BCUT2D eigenvalue weighted by Crippen LogP contribution is -2.68. The largest absolute Gasteiger partial charge is 0.376 e. The molecule has 2 rings (SSSR count). The van der Waals surface area contributed by atoms with Crippen LogP contribution in [0.15, 0.2) is 24.3 Å². The van der Waals surface area contributed by atoms with E-state index in [-0.39, 0.29) is 24.1 Å². The van der Waals surface area contributed by atoms with Crippen molar-refractivity contribution in [2.45, 2.75) is 31.5 Å². The maximum atomic E-state index is 11.5. The van der Waals surface area contributed by atoms with Crippen molar-refractivity contribution in [3.8, 4) is 0 Å². The fraction of sp³-hybridized carbons (Fsp3) is 0.583. The first-order chi connectivity index (χ1) is 7.74. The molecule has 2 fully saturated rings. The molecule has 1 heterocycles. The molecule has 3 N–H and O–H groups in total. The summed E-state index contributed by atoms with van der Waals surface area (Å²) in [6.07, 6.45) is 8.06. The highest BCUT2D eigenvalue weighted by molar-refractivity contribution is 5.88. The Morgan fingerprint density at radius 2 is 2.31 bits per heavy atom. The van der Waals surface area contributed by atoms with Crippen molar-refractivity contribution in [3.63, 3.8) is 0 Å². The molecule has 4 unspecified atom stereocenters. The zero-order chi connectivity index (χ0) is 11.5. The third kappa shape index (κ3) is 2.03. The standard InChI is InChI=1S/C12H18N2O2/c1-2-3-4-5-9(15)14-11-10(13)8-6-7-16-12(8)11/h2-5,8,10-12H,6-7,13H2,1H3,(H,14,15). The van der Waals surface area contributed by atoms with Gasteiger partial charge >= 0.3 is 0 Å². The van der Waals surface area contributed by atoms with Gasteiger partial charge in [-0.25, -0.2) is 0 Å². The first kappa shape index (κ1) is 11.4. The van der Waals surface area contributed by atoms with Gasteiger partial charge in [0.15, 0.2) is 0 Å². The summed E-state index contributed by atoms with van der Waals surface area (Å²) in [4.78, 5) is 11.5. The minimum atomic E-state index is -0.104. The summed E-state index contributed by atoms with van der Waals surface area (Å²) in [7, 11) is 0. The number of nitrogens with one attached hydrogen (secondary N) is 1. The summed E-state index contributed by atoms with van der Waals surface area (Å²) in [5.74, 6) is 0.331. The SMILES string of the molecule is CC=CC=CC(=O)NC1C(N)C2CCOC21. The molecule has 0 bridgehead atoms. The number of allylic oxidation sites excluding steroid dienone is 3. The molecule has 1 aliphatic heterocycles. The molecular formula is C12H18N2O2. The number of hydrogen-bond donors (Lipinski definition) is 2. The lowest BCUT2D eigenvalue weighted by molar-refractivity contribution is -0.121. The van der Waals surface area contributed by atoms with Crippen LogP contribution in [0.3, 0.4) is 0 Å². The predicted octanol–water partition coefficient (Wildman–Crippen LogP) is 0.350. The Morgan fingerprint density at radius 1 is 1.50 bits per heavy atom. The van der Waals surface area contributed by atoms with Gasteiger partial charge in [-0.05, 0) is 13.3 Å². The fourth-order valence-corrected chi connectivity index (χ4v) is 2.39. The Labute approximate surface area is 95.5 Å². The van der Waals surface area contributed by atoms with E-state index in [0.29, 0.717) is 5.92 Å². The van der Waals surface area contributed by atoms with Crippen LogP contribution in [0.4, 0.5) is 0 Å². The molecule has 1 saturated heterocycles. The molecule has 0 aromatic heterocycles. The molecule has 4 nitrogen and oxygen atoms in total. The van der Waals surface area contributed by atoms with Crippen LogP contribution < -0.4 is 11.1 Å². The maximum Gasteiger partial charge on any atom is 0.244 e. The molecule has 4 heteroatoms. The second-order valence-corrected chi connectivity index (χ2v) is 4.28. The number of hydrogen-bond acceptors (Lipinski definition) is 3. The molecule has 16 heavy (non-hydrogen) atoms. The van der Waals surface area contributed by atoms with Crippen LogP contribution in [0.2, 0.25) is 0 Å². The fourth-order valence-electron chi connectivity index (χ4n) is 2.39. The van der Waals surface area contributed by atoms with E-state index in [4.69, 9.17) is 10.5 Å². The minimum absolute atomic E-state index is 0.0183. The van der Waals surface area contributed by atoms with Gasteiger partial charge in [-0.2, -0.15) is 0 Å². The number of rotatable bonds is 3. The van der Waals surface area contributed by atoms with E-state index in [9.17, 15) is 4.79 Å². The zero-order valence-corrected chi connectivity index (χ0v) is 9.43. The molecule has 2 aliphatic rings. The molecule has 0 aromatic carbocycles. The van der Waals surface area contributed by atoms with Gasteiger partial charge in [-0.3, -0.25) is 4.79 Å². The van der Waals surface area contributed by atoms with Crippen LogP contribution >= 0.6 is 0 Å². The van der Waals surface area contributed by atoms with Gasteiger partial charge in [0, 0.05) is 24.6 Å². The van der Waals surface area contributed by atoms with Crippen molar-refractivity contribution in [3.05, 3.63) is 24.3 Å². The van der Waals surface area contributed by atoms with E-state index in [1.165, 1.54) is 6.08 Å². The summed E-state index contributed by atoms with van der Waals surface area (Å²) >= 11 is 0. The van der Waals surface area contributed by atoms with Gasteiger partial charge in [-0.15, -0.1) is 0 Å². The molecule has 1 saturated carbocycles. The summed E-state index contributed by atoms with van der Waals surface area (Å²) in [6.45, 7) is 2.67. The molecule has 88 valence electrons. The third-order valence-electron chi connectivity index (χ3n) is 3.31. The van der Waals surface area contributed by atoms with Crippen LogP contribution in [0.25, 0.3) is 0 Å². The van der Waals surface area contributed by atoms with Gasteiger partial charge in [0.05, 0.1) is 12.1 Å². The summed E-state index contributed by atoms with van der Waals surface area (Å²) in [5.41, 5.74) is 5.98. The monoisotopic (exact) mass is 222 g/mol. The minimum Gasteiger partial charge on any atom is -0.376 e. The van der Waals surface area contributed by atoms with Gasteiger partial charge in [0.2, 0.25) is 5.91 Å². The highest BCUT2D eigenvalue weighted by Gasteiger charge is 2.52. The molecule has 0 aromatic rings. The molecule has 4 atom stereocenters. The zero-order valence-electron chi connectivity index (χ0n) is 9.43. The Kier molecular flexibility index (Phi) is 3.41. The van der Waals surface area contributed by atoms with Crippen molar-refractivity contribution < 1.29 is 9.53 Å². The van der Waals surface area contributed by atoms with Crippen molar-refractivity contribution in [2.24, 2.45) is 11.7 Å². The summed E-state index contributed by atoms with van der Waals surface area (Å²) < 4.78 is 5.53. The molecule has 0 radical (unpaired) electrons. The van der Waals surface area contributed by atoms with Crippen LogP contribution in [0.1, 0.15) is 13.3 Å². The van der Waals surface area contributed by atoms with Crippen molar-refractivity contribution in [1.29, 1.82) is 0 Å². The Morgan fingerprint density at radius 3 is 3.06 bits per heavy atom. The number of carbonyl (C=O) groups excluding carboxylic acids is 1. The second-order valence-electron chi connectivity index (χ2n) is 4.28. The normalized spacial score (nSPS) is 37.6. The van der Waals surface area contributed by atoms with Gasteiger partial charge in [-0.1, -0.05) is 18.2 Å². The average molecular weight is 222 g/mol. The first-order valence-corrected chi connectivity index (χ1v) is 5.71. The number of amides is 1. The highest BCUT2D eigenvalue weighted by Crippen LogP contribution is 2.37. The van der Waals surface area contributed by atoms with E-state index >= 15 is 0 Å². The van der Waals surface area contributed by atoms with Crippen molar-refractivity contribution >= 4 is 5.91 Å². The third-order valence-corrected chi connectivity index (χ3v) is 3.31. The number of carbonyl (C=O) groups is 1. The molecule has 1 aliphatic carbocycles. The van der Waals surface area contributed by atoms with E-state index in [1.807, 2.05) is 19.1 Å². The molecular weight excluding hydrogens is 204 g/mol. The van der Waals surface area contributed by atoms with Crippen LogP contribution in [0.5, 0.6) is 0 Å². The Hall–Kier alpha value is -1.13. The van der Waals surface area contributed by atoms with Crippen molar-refractivity contribution in [2.75, 3.05) is 6.61 Å². The predicted molar refractivity (Wildman–Crippen MR) is 61.7 cm³/mol. The van der Waals surface area contributed by atoms with E-state index in [0.717, 1.165) is 13.0 Å². The Balaban J connectivity index is 1.84. The Bertz CT molecular complexity index is 325. The smallest absolute Gasteiger partial charge is 0.244 e. The van der Waals surface area contributed by atoms with E-state index in [1.54, 1.807) is 6.08 Å². The summed E-state index contributed by atoms with van der Waals surface area (Å²) in [6, 6.07) is 0.0295. The topological polar surface area (TPSA) is 64.4 Å². The van der Waals surface area contributed by atoms with Crippen LogP contribution in [-0.4, -0.2) is 30.7 Å². The van der Waals surface area contributed by atoms with Crippen LogP contribution in [-0.2, 0) is 9.53 Å². The average Bonchev–Trinajstić information content (AvgIpc) is 2.71. The van der Waals surface area contributed by atoms with Crippen molar-refractivity contribution in [1.82, 2.24) is 5.32 Å². The molecule has 0 spiro atoms. The van der Waals surface area contributed by atoms with Crippen LogP contribution in [0, 0.1) is 5.92 Å². The van der Waals surface area contributed by atoms with Gasteiger partial charge in [0.25, 0.3) is 0 Å². The first-order valence-electron chi connectivity index (χ1n) is 5.71. The number of ether oxygens (including phenoxy) is 1. The second kappa shape index (κ2) is 4.80. The van der Waals surface area contributed by atoms with E-state index < -0.39 is 0 Å². The number of fused-ring (bicyclic) bond motifs is 1. The van der Waals surface area contributed by atoms with E-state index in [2.05, 4.69) is 5.32 Å². The highest BCUT2D eigenvalue weighted by atomic mass is 16.5. The summed E-state index contributed by atoms with van der Waals surface area (Å²) in [5, 5.41) is 2.89.